The van der Waals surface area contributed by atoms with Crippen molar-refractivity contribution >= 4 is 5.91 Å². The molecule has 0 radical (unpaired) electrons. The molecule has 2 fully saturated rings. The van der Waals surface area contributed by atoms with Crippen LogP contribution in [0, 0.1) is 5.82 Å². The number of carbonyl (C=O) groups is 1. The van der Waals surface area contributed by atoms with E-state index in [1.54, 1.807) is 17.2 Å². The SMILES string of the molecule is CN1C(=O)CO[C@H]2CCN(Cc3ncccc3F)C[C@@H]21. The second kappa shape index (κ2) is 5.46. The van der Waals surface area contributed by atoms with Crippen LogP contribution in [-0.4, -0.2) is 59.6 Å². The highest BCUT2D eigenvalue weighted by molar-refractivity contribution is 5.78. The Labute approximate surface area is 117 Å². The standard InChI is InChI=1S/C14H18FN3O2/c1-17-12-8-18(6-4-13(12)20-9-14(17)19)7-11-10(15)3-2-5-16-11/h2-3,5,12-13H,4,6-9H2,1H3/t12-,13-/m0/s1. The van der Waals surface area contributed by atoms with Gasteiger partial charge in [-0.2, -0.15) is 0 Å². The molecular formula is C14H18FN3O2. The Morgan fingerprint density at radius 3 is 3.20 bits per heavy atom. The number of pyridine rings is 1. The molecule has 3 heterocycles. The zero-order valence-electron chi connectivity index (χ0n) is 11.5. The van der Waals surface area contributed by atoms with Crippen LogP contribution < -0.4 is 0 Å². The van der Waals surface area contributed by atoms with E-state index >= 15 is 0 Å². The van der Waals surface area contributed by atoms with Gasteiger partial charge in [0.2, 0.25) is 5.91 Å². The smallest absolute Gasteiger partial charge is 0.248 e. The van der Waals surface area contributed by atoms with Crippen molar-refractivity contribution in [2.45, 2.75) is 25.1 Å². The maximum absolute atomic E-state index is 13.6. The molecule has 0 aromatic carbocycles. The minimum Gasteiger partial charge on any atom is -0.366 e. The van der Waals surface area contributed by atoms with Crippen LogP contribution in [0.2, 0.25) is 0 Å². The van der Waals surface area contributed by atoms with Crippen LogP contribution in [0.25, 0.3) is 0 Å². The predicted octanol–water partition coefficient (Wildman–Crippen LogP) is 0.652. The molecule has 0 unspecified atom stereocenters. The van der Waals surface area contributed by atoms with Gasteiger partial charge in [0.25, 0.3) is 0 Å². The van der Waals surface area contributed by atoms with E-state index in [9.17, 15) is 9.18 Å². The van der Waals surface area contributed by atoms with Crippen molar-refractivity contribution in [1.29, 1.82) is 0 Å². The Kier molecular flexibility index (Phi) is 3.67. The summed E-state index contributed by atoms with van der Waals surface area (Å²) < 4.78 is 19.2. The van der Waals surface area contributed by atoms with E-state index < -0.39 is 0 Å². The van der Waals surface area contributed by atoms with Crippen molar-refractivity contribution in [2.75, 3.05) is 26.7 Å². The number of piperidine rings is 1. The molecule has 0 aliphatic carbocycles. The van der Waals surface area contributed by atoms with E-state index in [1.807, 2.05) is 7.05 Å². The largest absolute Gasteiger partial charge is 0.366 e. The van der Waals surface area contributed by atoms with Gasteiger partial charge in [0.05, 0.1) is 17.8 Å². The summed E-state index contributed by atoms with van der Waals surface area (Å²) in [5, 5.41) is 0. The van der Waals surface area contributed by atoms with Crippen molar-refractivity contribution in [3.8, 4) is 0 Å². The van der Waals surface area contributed by atoms with Gasteiger partial charge >= 0.3 is 0 Å². The molecule has 2 aliphatic heterocycles. The number of ether oxygens (including phenoxy) is 1. The minimum absolute atomic E-state index is 0.0112. The van der Waals surface area contributed by atoms with Crippen molar-refractivity contribution in [1.82, 2.24) is 14.8 Å². The Morgan fingerprint density at radius 1 is 1.55 bits per heavy atom. The second-order valence-electron chi connectivity index (χ2n) is 5.38. The van der Waals surface area contributed by atoms with E-state index in [1.165, 1.54) is 6.07 Å². The minimum atomic E-state index is -0.279. The summed E-state index contributed by atoms with van der Waals surface area (Å²) in [5.74, 6) is -0.268. The molecule has 1 aromatic heterocycles. The third kappa shape index (κ3) is 2.53. The number of likely N-dealkylation sites (N-methyl/N-ethyl adjacent to an activating group) is 1. The number of aromatic nitrogens is 1. The first-order valence-corrected chi connectivity index (χ1v) is 6.84. The first-order valence-electron chi connectivity index (χ1n) is 6.84. The average Bonchev–Trinajstić information content (AvgIpc) is 2.46. The van der Waals surface area contributed by atoms with Gasteiger partial charge in [-0.25, -0.2) is 4.39 Å². The molecule has 0 spiro atoms. The molecule has 1 aromatic rings. The third-order valence-corrected chi connectivity index (χ3v) is 4.12. The third-order valence-electron chi connectivity index (χ3n) is 4.12. The fraction of sp³-hybridized carbons (Fsp3) is 0.571. The maximum Gasteiger partial charge on any atom is 0.248 e. The lowest BCUT2D eigenvalue weighted by Crippen LogP contribution is -2.60. The van der Waals surface area contributed by atoms with E-state index in [-0.39, 0.29) is 30.5 Å². The van der Waals surface area contributed by atoms with E-state index in [2.05, 4.69) is 9.88 Å². The first-order chi connectivity index (χ1) is 9.65. The van der Waals surface area contributed by atoms with Crippen LogP contribution in [0.3, 0.4) is 0 Å². The van der Waals surface area contributed by atoms with E-state index in [0.29, 0.717) is 18.8 Å². The molecule has 108 valence electrons. The zero-order chi connectivity index (χ0) is 14.1. The summed E-state index contributed by atoms with van der Waals surface area (Å²) in [4.78, 5) is 19.6. The molecule has 0 N–H and O–H groups in total. The number of hydrogen-bond donors (Lipinski definition) is 0. The van der Waals surface area contributed by atoms with Gasteiger partial charge in [-0.3, -0.25) is 14.7 Å². The van der Waals surface area contributed by atoms with Crippen LogP contribution >= 0.6 is 0 Å². The van der Waals surface area contributed by atoms with Crippen molar-refractivity contribution in [3.63, 3.8) is 0 Å². The summed E-state index contributed by atoms with van der Waals surface area (Å²) in [6.45, 7) is 2.17. The Hall–Kier alpha value is -1.53. The number of halogens is 1. The van der Waals surface area contributed by atoms with Gasteiger partial charge in [0.1, 0.15) is 12.4 Å². The second-order valence-corrected chi connectivity index (χ2v) is 5.38. The van der Waals surface area contributed by atoms with Gasteiger partial charge in [-0.15, -0.1) is 0 Å². The maximum atomic E-state index is 13.6. The molecule has 3 rings (SSSR count). The fourth-order valence-electron chi connectivity index (χ4n) is 2.90. The summed E-state index contributed by atoms with van der Waals surface area (Å²) in [5.41, 5.74) is 0.455. The number of hydrogen-bond acceptors (Lipinski definition) is 4. The van der Waals surface area contributed by atoms with Crippen molar-refractivity contribution in [2.24, 2.45) is 0 Å². The fourth-order valence-corrected chi connectivity index (χ4v) is 2.90. The normalized spacial score (nSPS) is 27.5. The number of nitrogens with zero attached hydrogens (tertiary/aromatic N) is 3. The number of amides is 1. The van der Waals surface area contributed by atoms with Gasteiger partial charge in [0, 0.05) is 32.9 Å². The number of morpholine rings is 1. The molecule has 1 amide bonds. The van der Waals surface area contributed by atoms with E-state index in [4.69, 9.17) is 4.74 Å². The molecular weight excluding hydrogens is 261 g/mol. The molecule has 2 aliphatic rings. The summed E-state index contributed by atoms with van der Waals surface area (Å²) in [6, 6.07) is 3.07. The summed E-state index contributed by atoms with van der Waals surface area (Å²) in [6.07, 6.45) is 2.56. The van der Waals surface area contributed by atoms with Gasteiger partial charge in [-0.1, -0.05) is 0 Å². The van der Waals surface area contributed by atoms with Gasteiger partial charge < -0.3 is 9.64 Å². The molecule has 6 heteroatoms. The van der Waals surface area contributed by atoms with Crippen LogP contribution in [0.4, 0.5) is 4.39 Å². The van der Waals surface area contributed by atoms with Crippen LogP contribution in [-0.2, 0) is 16.1 Å². The molecule has 2 atom stereocenters. The number of rotatable bonds is 2. The predicted molar refractivity (Wildman–Crippen MR) is 70.4 cm³/mol. The summed E-state index contributed by atoms with van der Waals surface area (Å²) >= 11 is 0. The lowest BCUT2D eigenvalue weighted by Gasteiger charge is -2.45. The van der Waals surface area contributed by atoms with Crippen LogP contribution in [0.5, 0.6) is 0 Å². The molecule has 5 nitrogen and oxygen atoms in total. The van der Waals surface area contributed by atoms with Gasteiger partial charge in [-0.05, 0) is 18.6 Å². The summed E-state index contributed by atoms with van der Waals surface area (Å²) in [7, 11) is 1.81. The highest BCUT2D eigenvalue weighted by Crippen LogP contribution is 2.23. The average molecular weight is 279 g/mol. The first kappa shape index (κ1) is 13.5. The monoisotopic (exact) mass is 279 g/mol. The number of fused-ring (bicyclic) bond motifs is 1. The highest BCUT2D eigenvalue weighted by Gasteiger charge is 2.38. The van der Waals surface area contributed by atoms with Crippen LogP contribution in [0.1, 0.15) is 12.1 Å². The molecule has 0 bridgehead atoms. The quantitative estimate of drug-likeness (QED) is 0.797. The van der Waals surface area contributed by atoms with E-state index in [0.717, 1.165) is 13.0 Å². The van der Waals surface area contributed by atoms with Crippen molar-refractivity contribution < 1.29 is 13.9 Å². The Morgan fingerprint density at radius 2 is 2.40 bits per heavy atom. The lowest BCUT2D eigenvalue weighted by molar-refractivity contribution is -0.160. The lowest BCUT2D eigenvalue weighted by atomic mass is 9.99. The molecule has 2 saturated heterocycles. The van der Waals surface area contributed by atoms with Crippen molar-refractivity contribution in [3.05, 3.63) is 29.8 Å². The molecule has 20 heavy (non-hydrogen) atoms. The highest BCUT2D eigenvalue weighted by atomic mass is 19.1. The number of carbonyl (C=O) groups excluding carboxylic acids is 1. The topological polar surface area (TPSA) is 45.7 Å². The number of likely N-dealkylation sites (tertiary alicyclic amines) is 1. The van der Waals surface area contributed by atoms with Crippen LogP contribution in [0.15, 0.2) is 18.3 Å². The Balaban J connectivity index is 1.68. The van der Waals surface area contributed by atoms with Gasteiger partial charge in [0.15, 0.2) is 0 Å². The molecule has 0 saturated carbocycles. The zero-order valence-corrected chi connectivity index (χ0v) is 11.5. The Bertz CT molecular complexity index is 511.